The van der Waals surface area contributed by atoms with E-state index in [0.717, 1.165) is 50.1 Å². The topological polar surface area (TPSA) is 66.8 Å². The van der Waals surface area contributed by atoms with Gasteiger partial charge in [-0.25, -0.2) is 10.4 Å². The first-order chi connectivity index (χ1) is 16.3. The summed E-state index contributed by atoms with van der Waals surface area (Å²) in [6.07, 6.45) is 5.01. The summed E-state index contributed by atoms with van der Waals surface area (Å²) >= 11 is 3.00. The molecule has 2 aromatic carbocycles. The van der Waals surface area contributed by atoms with E-state index in [0.29, 0.717) is 0 Å². The Labute approximate surface area is 209 Å². The third-order valence-electron chi connectivity index (χ3n) is 5.77. The van der Waals surface area contributed by atoms with E-state index in [1.54, 1.807) is 24.7 Å². The molecular weight excluding hydrogens is 464 g/mol. The maximum atomic E-state index is 12.3. The van der Waals surface area contributed by atoms with Crippen LogP contribution >= 0.6 is 23.1 Å². The Morgan fingerprint density at radius 2 is 2.12 bits per heavy atom. The van der Waals surface area contributed by atoms with Gasteiger partial charge < -0.3 is 9.64 Å². The van der Waals surface area contributed by atoms with Crippen molar-refractivity contribution in [3.63, 3.8) is 0 Å². The van der Waals surface area contributed by atoms with Crippen molar-refractivity contribution in [2.24, 2.45) is 5.10 Å². The van der Waals surface area contributed by atoms with Crippen molar-refractivity contribution >= 4 is 56.7 Å². The number of nitrogens with one attached hydrogen (secondary N) is 1. The number of hydrazone groups is 1. The number of amides is 1. The van der Waals surface area contributed by atoms with Crippen LogP contribution in [0.25, 0.3) is 15.8 Å². The maximum absolute atomic E-state index is 12.3. The van der Waals surface area contributed by atoms with E-state index in [1.807, 2.05) is 24.3 Å². The Bertz CT molecular complexity index is 1230. The molecule has 0 aliphatic carbocycles. The summed E-state index contributed by atoms with van der Waals surface area (Å²) in [6, 6.07) is 12.1. The average molecular weight is 495 g/mol. The highest BCUT2D eigenvalue weighted by atomic mass is 32.2. The van der Waals surface area contributed by atoms with Gasteiger partial charge in [-0.2, -0.15) is 5.10 Å². The lowest BCUT2D eigenvalue weighted by atomic mass is 9.87. The molecule has 3 aromatic rings. The summed E-state index contributed by atoms with van der Waals surface area (Å²) in [5.41, 5.74) is 7.89. The Morgan fingerprint density at radius 1 is 1.32 bits per heavy atom. The fourth-order valence-electron chi connectivity index (χ4n) is 4.28. The van der Waals surface area contributed by atoms with Crippen LogP contribution in [0.1, 0.15) is 45.2 Å². The molecule has 0 spiro atoms. The van der Waals surface area contributed by atoms with Gasteiger partial charge in [0.1, 0.15) is 5.75 Å². The number of carbonyl (C=O) groups excluding carboxylic acids is 1. The number of anilines is 1. The van der Waals surface area contributed by atoms with Crippen LogP contribution in [0.3, 0.4) is 0 Å². The van der Waals surface area contributed by atoms with E-state index in [2.05, 4.69) is 66.3 Å². The molecule has 6 nitrogen and oxygen atoms in total. The quantitative estimate of drug-likeness (QED) is 0.238. The second-order valence-electron chi connectivity index (χ2n) is 8.77. The number of hydrogen-bond acceptors (Lipinski definition) is 7. The predicted octanol–water partition coefficient (Wildman–Crippen LogP) is 5.96. The molecule has 0 radical (unpaired) electrons. The molecule has 8 heteroatoms. The molecule has 0 atom stereocenters. The highest BCUT2D eigenvalue weighted by Crippen LogP contribution is 2.42. The molecule has 0 saturated heterocycles. The number of ether oxygens (including phenoxy) is 1. The fraction of sp³-hybridized carbons (Fsp3) is 0.346. The lowest BCUT2D eigenvalue weighted by Crippen LogP contribution is -2.45. The summed E-state index contributed by atoms with van der Waals surface area (Å²) in [6.45, 7) is 9.76. The number of methoxy groups -OCH3 is 1. The number of benzene rings is 2. The highest BCUT2D eigenvalue weighted by Gasteiger charge is 2.31. The Hall–Kier alpha value is -2.84. The van der Waals surface area contributed by atoms with Gasteiger partial charge in [0, 0.05) is 29.4 Å². The molecule has 0 saturated carbocycles. The standard InChI is InChI=1S/C26H30N4O2S2/c1-6-11-30-21-13-22(32-5)18(12-19(21)17(2)14-26(30,3)4)15-27-29-24(31)16-33-25-28-20-9-7-8-10-23(20)34-25/h7-10,12-15H,6,11,16H2,1-5H3,(H,29,31)/b27-15+. The van der Waals surface area contributed by atoms with E-state index in [4.69, 9.17) is 4.74 Å². The monoisotopic (exact) mass is 494 g/mol. The van der Waals surface area contributed by atoms with Crippen molar-refractivity contribution in [2.75, 3.05) is 24.3 Å². The second kappa shape index (κ2) is 10.2. The number of para-hydroxylation sites is 1. The van der Waals surface area contributed by atoms with Gasteiger partial charge in [-0.05, 0) is 51.0 Å². The van der Waals surface area contributed by atoms with Crippen LogP contribution in [0.15, 0.2) is 51.9 Å². The van der Waals surface area contributed by atoms with Crippen molar-refractivity contribution in [3.05, 3.63) is 53.6 Å². The van der Waals surface area contributed by atoms with E-state index < -0.39 is 0 Å². The van der Waals surface area contributed by atoms with Gasteiger partial charge in [0.2, 0.25) is 0 Å². The van der Waals surface area contributed by atoms with Crippen LogP contribution in [0.5, 0.6) is 5.75 Å². The number of thiazole rings is 1. The molecule has 1 aliphatic rings. The summed E-state index contributed by atoms with van der Waals surface area (Å²) in [7, 11) is 1.66. The number of carbonyl (C=O) groups is 1. The van der Waals surface area contributed by atoms with Crippen molar-refractivity contribution in [1.29, 1.82) is 0 Å². The van der Waals surface area contributed by atoms with Gasteiger partial charge in [-0.1, -0.05) is 36.9 Å². The smallest absolute Gasteiger partial charge is 0.250 e. The summed E-state index contributed by atoms with van der Waals surface area (Å²) in [4.78, 5) is 19.3. The first-order valence-corrected chi connectivity index (χ1v) is 13.1. The first kappa shape index (κ1) is 24.3. The molecule has 178 valence electrons. The number of aromatic nitrogens is 1. The zero-order chi connectivity index (χ0) is 24.3. The number of thioether (sulfide) groups is 1. The summed E-state index contributed by atoms with van der Waals surface area (Å²) in [5.74, 6) is 0.804. The normalized spacial score (nSPS) is 14.9. The fourth-order valence-corrected chi connectivity index (χ4v) is 6.14. The van der Waals surface area contributed by atoms with Gasteiger partial charge in [0.25, 0.3) is 5.91 Å². The van der Waals surface area contributed by atoms with E-state index >= 15 is 0 Å². The summed E-state index contributed by atoms with van der Waals surface area (Å²) in [5, 5.41) is 4.20. The first-order valence-electron chi connectivity index (χ1n) is 11.3. The zero-order valence-electron chi connectivity index (χ0n) is 20.2. The predicted molar refractivity (Wildman–Crippen MR) is 144 cm³/mol. The van der Waals surface area contributed by atoms with Crippen LogP contribution in [0.2, 0.25) is 0 Å². The number of hydrogen-bond donors (Lipinski definition) is 1. The molecule has 1 N–H and O–H groups in total. The van der Waals surface area contributed by atoms with Crippen LogP contribution in [0.4, 0.5) is 5.69 Å². The van der Waals surface area contributed by atoms with Gasteiger partial charge in [0.15, 0.2) is 4.34 Å². The number of nitrogens with zero attached hydrogens (tertiary/aromatic N) is 3. The lowest BCUT2D eigenvalue weighted by Gasteiger charge is -2.43. The minimum Gasteiger partial charge on any atom is -0.496 e. The molecule has 1 aliphatic heterocycles. The number of rotatable bonds is 8. The third kappa shape index (κ3) is 5.13. The Kier molecular flexibility index (Phi) is 7.28. The number of allylic oxidation sites excluding steroid dienone is 1. The number of fused-ring (bicyclic) bond motifs is 2. The van der Waals surface area contributed by atoms with Crippen LogP contribution < -0.4 is 15.1 Å². The maximum Gasteiger partial charge on any atom is 0.250 e. The SMILES string of the molecule is CCCN1c2cc(OC)c(/C=N/NC(=O)CSc3nc4ccccc4s3)cc2C(C)=CC1(C)C. The van der Waals surface area contributed by atoms with Gasteiger partial charge in [-0.15, -0.1) is 11.3 Å². The minimum absolute atomic E-state index is 0.0668. The molecule has 1 aromatic heterocycles. The average Bonchev–Trinajstić information content (AvgIpc) is 3.23. The second-order valence-corrected chi connectivity index (χ2v) is 11.0. The van der Waals surface area contributed by atoms with Gasteiger partial charge >= 0.3 is 0 Å². The third-order valence-corrected chi connectivity index (χ3v) is 7.95. The molecule has 0 fully saturated rings. The Balaban J connectivity index is 1.46. The summed E-state index contributed by atoms with van der Waals surface area (Å²) < 4.78 is 7.66. The van der Waals surface area contributed by atoms with Crippen LogP contribution in [-0.2, 0) is 4.79 Å². The Morgan fingerprint density at radius 3 is 2.85 bits per heavy atom. The van der Waals surface area contributed by atoms with Gasteiger partial charge in [0.05, 0.1) is 34.8 Å². The molecular formula is C26H30N4O2S2. The molecule has 1 amide bonds. The lowest BCUT2D eigenvalue weighted by molar-refractivity contribution is -0.118. The van der Waals surface area contributed by atoms with E-state index in [1.165, 1.54) is 17.3 Å². The van der Waals surface area contributed by atoms with Crippen LogP contribution in [0, 0.1) is 0 Å². The van der Waals surface area contributed by atoms with E-state index in [9.17, 15) is 4.79 Å². The molecule has 0 bridgehead atoms. The van der Waals surface area contributed by atoms with Crippen molar-refractivity contribution in [3.8, 4) is 5.75 Å². The van der Waals surface area contributed by atoms with E-state index in [-0.39, 0.29) is 17.2 Å². The van der Waals surface area contributed by atoms with Gasteiger partial charge in [-0.3, -0.25) is 4.79 Å². The van der Waals surface area contributed by atoms with Crippen LogP contribution in [-0.4, -0.2) is 42.1 Å². The van der Waals surface area contributed by atoms with Crippen molar-refractivity contribution in [1.82, 2.24) is 10.4 Å². The molecule has 0 unspecified atom stereocenters. The highest BCUT2D eigenvalue weighted by molar-refractivity contribution is 8.01. The minimum atomic E-state index is -0.177. The largest absolute Gasteiger partial charge is 0.496 e. The molecule has 2 heterocycles. The van der Waals surface area contributed by atoms with Crippen molar-refractivity contribution in [2.45, 2.75) is 44.0 Å². The molecule has 34 heavy (non-hydrogen) atoms. The molecule has 4 rings (SSSR count). The zero-order valence-corrected chi connectivity index (χ0v) is 21.8. The van der Waals surface area contributed by atoms with Crippen molar-refractivity contribution < 1.29 is 9.53 Å².